The zero-order chi connectivity index (χ0) is 13.0. The Morgan fingerprint density at radius 2 is 2.28 bits per heavy atom. The lowest BCUT2D eigenvalue weighted by Crippen LogP contribution is -2.16. The number of nitrogens with two attached hydrogens (primary N) is 1. The minimum absolute atomic E-state index is 0.00823. The van der Waals surface area contributed by atoms with Crippen molar-refractivity contribution in [1.82, 2.24) is 0 Å². The molecule has 1 aromatic rings. The molecule has 1 saturated heterocycles. The highest BCUT2D eigenvalue weighted by Gasteiger charge is 2.17. The molecule has 0 amide bonds. The summed E-state index contributed by atoms with van der Waals surface area (Å²) in [6.45, 7) is 3.37. The third kappa shape index (κ3) is 3.15. The van der Waals surface area contributed by atoms with Gasteiger partial charge < -0.3 is 19.9 Å². The molecule has 2 unspecified atom stereocenters. The van der Waals surface area contributed by atoms with E-state index in [2.05, 4.69) is 0 Å². The van der Waals surface area contributed by atoms with Crippen molar-refractivity contribution in [3.8, 4) is 11.5 Å². The van der Waals surface area contributed by atoms with Crippen molar-refractivity contribution in [2.45, 2.75) is 31.9 Å². The van der Waals surface area contributed by atoms with Gasteiger partial charge in [0.05, 0.1) is 13.2 Å². The summed E-state index contributed by atoms with van der Waals surface area (Å²) in [4.78, 5) is 0. The summed E-state index contributed by atoms with van der Waals surface area (Å²) in [6, 6.07) is 5.80. The Bertz CT molecular complexity index is 387. The number of hydrogen-bond acceptors (Lipinski definition) is 4. The van der Waals surface area contributed by atoms with Gasteiger partial charge in [-0.05, 0) is 37.5 Å². The molecular weight excluding hydrogens is 230 g/mol. The van der Waals surface area contributed by atoms with Crippen LogP contribution in [0.5, 0.6) is 11.5 Å². The lowest BCUT2D eigenvalue weighted by molar-refractivity contribution is 0.0669. The van der Waals surface area contributed by atoms with Crippen LogP contribution in [0.15, 0.2) is 18.2 Å². The van der Waals surface area contributed by atoms with Crippen LogP contribution >= 0.6 is 0 Å². The molecule has 0 radical (unpaired) electrons. The molecule has 0 saturated carbocycles. The maximum Gasteiger partial charge on any atom is 0.161 e. The second-order valence-corrected chi connectivity index (χ2v) is 4.65. The van der Waals surface area contributed by atoms with Crippen molar-refractivity contribution in [2.24, 2.45) is 5.73 Å². The Labute approximate surface area is 108 Å². The van der Waals surface area contributed by atoms with Crippen LogP contribution in [0.25, 0.3) is 0 Å². The normalized spacial score (nSPS) is 20.7. The molecule has 18 heavy (non-hydrogen) atoms. The van der Waals surface area contributed by atoms with E-state index < -0.39 is 0 Å². The van der Waals surface area contributed by atoms with Crippen molar-refractivity contribution in [2.75, 3.05) is 20.3 Å². The first-order chi connectivity index (χ1) is 8.70. The van der Waals surface area contributed by atoms with Crippen LogP contribution in [0.4, 0.5) is 0 Å². The molecule has 2 N–H and O–H groups in total. The van der Waals surface area contributed by atoms with Crippen molar-refractivity contribution in [3.63, 3.8) is 0 Å². The molecule has 1 fully saturated rings. The monoisotopic (exact) mass is 251 g/mol. The van der Waals surface area contributed by atoms with Crippen LogP contribution in [0.1, 0.15) is 31.4 Å². The van der Waals surface area contributed by atoms with E-state index in [-0.39, 0.29) is 12.1 Å². The average molecular weight is 251 g/mol. The van der Waals surface area contributed by atoms with Gasteiger partial charge in [0.25, 0.3) is 0 Å². The van der Waals surface area contributed by atoms with E-state index in [9.17, 15) is 0 Å². The third-order valence-corrected chi connectivity index (χ3v) is 3.16. The molecule has 1 aromatic carbocycles. The molecule has 2 rings (SSSR count). The first-order valence-electron chi connectivity index (χ1n) is 6.38. The van der Waals surface area contributed by atoms with Gasteiger partial charge in [0.15, 0.2) is 11.5 Å². The van der Waals surface area contributed by atoms with Crippen LogP contribution in [0, 0.1) is 0 Å². The topological polar surface area (TPSA) is 53.7 Å². The predicted octanol–water partition coefficient (Wildman–Crippen LogP) is 2.27. The van der Waals surface area contributed by atoms with Crippen LogP contribution < -0.4 is 15.2 Å². The van der Waals surface area contributed by atoms with Crippen LogP contribution in [0.2, 0.25) is 0 Å². The SMILES string of the molecule is COc1cc(C(C)N)ccc1OCC1CCCO1. The molecule has 4 nitrogen and oxygen atoms in total. The summed E-state index contributed by atoms with van der Waals surface area (Å²) >= 11 is 0. The van der Waals surface area contributed by atoms with Gasteiger partial charge >= 0.3 is 0 Å². The largest absolute Gasteiger partial charge is 0.493 e. The Kier molecular flexibility index (Phi) is 4.44. The highest BCUT2D eigenvalue weighted by molar-refractivity contribution is 5.43. The fraction of sp³-hybridized carbons (Fsp3) is 0.571. The Balaban J connectivity index is 2.02. The van der Waals surface area contributed by atoms with Gasteiger partial charge in [-0.3, -0.25) is 0 Å². The molecule has 1 aliphatic heterocycles. The van der Waals surface area contributed by atoms with E-state index in [1.165, 1.54) is 0 Å². The maximum atomic E-state index is 5.84. The van der Waals surface area contributed by atoms with Crippen LogP contribution in [0.3, 0.4) is 0 Å². The van der Waals surface area contributed by atoms with E-state index in [0.717, 1.165) is 36.5 Å². The van der Waals surface area contributed by atoms with E-state index >= 15 is 0 Å². The first-order valence-corrected chi connectivity index (χ1v) is 6.38. The van der Waals surface area contributed by atoms with E-state index in [1.807, 2.05) is 25.1 Å². The second-order valence-electron chi connectivity index (χ2n) is 4.65. The van der Waals surface area contributed by atoms with Gasteiger partial charge in [-0.2, -0.15) is 0 Å². The van der Waals surface area contributed by atoms with Gasteiger partial charge in [-0.25, -0.2) is 0 Å². The van der Waals surface area contributed by atoms with Crippen LogP contribution in [-0.4, -0.2) is 26.4 Å². The van der Waals surface area contributed by atoms with Crippen molar-refractivity contribution < 1.29 is 14.2 Å². The number of methoxy groups -OCH3 is 1. The molecule has 0 bridgehead atoms. The number of benzene rings is 1. The van der Waals surface area contributed by atoms with Gasteiger partial charge in [0.2, 0.25) is 0 Å². The zero-order valence-electron chi connectivity index (χ0n) is 11.0. The fourth-order valence-electron chi connectivity index (χ4n) is 2.05. The summed E-state index contributed by atoms with van der Waals surface area (Å²) in [6.07, 6.45) is 2.40. The van der Waals surface area contributed by atoms with Crippen molar-refractivity contribution >= 4 is 0 Å². The zero-order valence-corrected chi connectivity index (χ0v) is 11.0. The van der Waals surface area contributed by atoms with Gasteiger partial charge in [0.1, 0.15) is 6.61 Å². The summed E-state index contributed by atoms with van der Waals surface area (Å²) in [5.41, 5.74) is 6.88. The minimum Gasteiger partial charge on any atom is -0.493 e. The summed E-state index contributed by atoms with van der Waals surface area (Å²) < 4.78 is 16.6. The molecule has 0 spiro atoms. The average Bonchev–Trinajstić information content (AvgIpc) is 2.89. The quantitative estimate of drug-likeness (QED) is 0.872. The van der Waals surface area contributed by atoms with E-state index in [1.54, 1.807) is 7.11 Å². The highest BCUT2D eigenvalue weighted by Crippen LogP contribution is 2.30. The Hall–Kier alpha value is -1.26. The second kappa shape index (κ2) is 6.07. The molecule has 1 heterocycles. The number of hydrogen-bond donors (Lipinski definition) is 1. The lowest BCUT2D eigenvalue weighted by Gasteiger charge is -2.15. The third-order valence-electron chi connectivity index (χ3n) is 3.16. The molecule has 1 aliphatic rings. The summed E-state index contributed by atoms with van der Waals surface area (Å²) in [5.74, 6) is 1.47. The number of rotatable bonds is 5. The molecule has 2 atom stereocenters. The van der Waals surface area contributed by atoms with Gasteiger partial charge in [0, 0.05) is 12.6 Å². The van der Waals surface area contributed by atoms with Gasteiger partial charge in [-0.15, -0.1) is 0 Å². The Morgan fingerprint density at radius 3 is 2.89 bits per heavy atom. The van der Waals surface area contributed by atoms with Crippen molar-refractivity contribution in [1.29, 1.82) is 0 Å². The molecule has 100 valence electrons. The predicted molar refractivity (Wildman–Crippen MR) is 70.1 cm³/mol. The van der Waals surface area contributed by atoms with Gasteiger partial charge in [-0.1, -0.05) is 6.07 Å². The lowest BCUT2D eigenvalue weighted by atomic mass is 10.1. The fourth-order valence-corrected chi connectivity index (χ4v) is 2.05. The molecular formula is C14H21NO3. The first kappa shape index (κ1) is 13.2. The summed E-state index contributed by atoms with van der Waals surface area (Å²) in [7, 11) is 1.64. The molecule has 0 aromatic heterocycles. The number of ether oxygens (including phenoxy) is 3. The Morgan fingerprint density at radius 1 is 1.44 bits per heavy atom. The van der Waals surface area contributed by atoms with E-state index in [0.29, 0.717) is 6.61 Å². The highest BCUT2D eigenvalue weighted by atomic mass is 16.5. The maximum absolute atomic E-state index is 5.84. The van der Waals surface area contributed by atoms with Crippen LogP contribution in [-0.2, 0) is 4.74 Å². The standard InChI is InChI=1S/C14H21NO3/c1-10(15)11-5-6-13(14(8-11)16-2)18-9-12-4-3-7-17-12/h5-6,8,10,12H,3-4,7,9,15H2,1-2H3. The van der Waals surface area contributed by atoms with Crippen molar-refractivity contribution in [3.05, 3.63) is 23.8 Å². The molecule has 4 heteroatoms. The summed E-state index contributed by atoms with van der Waals surface area (Å²) in [5, 5.41) is 0. The minimum atomic E-state index is -0.00823. The van der Waals surface area contributed by atoms with E-state index in [4.69, 9.17) is 19.9 Å². The smallest absolute Gasteiger partial charge is 0.161 e. The molecule has 0 aliphatic carbocycles.